The maximum absolute atomic E-state index is 12.4. The fourth-order valence-electron chi connectivity index (χ4n) is 2.40. The predicted octanol–water partition coefficient (Wildman–Crippen LogP) is 3.22. The van der Waals surface area contributed by atoms with Gasteiger partial charge in [0, 0.05) is 29.6 Å². The van der Waals surface area contributed by atoms with E-state index in [9.17, 15) is 4.79 Å². The lowest BCUT2D eigenvalue weighted by Gasteiger charge is -2.10. The molecule has 102 valence electrons. The summed E-state index contributed by atoms with van der Waals surface area (Å²) in [4.78, 5) is 16.3. The van der Waals surface area contributed by atoms with Crippen LogP contribution in [0.25, 0.3) is 0 Å². The van der Waals surface area contributed by atoms with Crippen molar-refractivity contribution in [3.8, 4) is 5.75 Å². The molecule has 3 rings (SSSR count). The quantitative estimate of drug-likeness (QED) is 0.909. The Labute approximate surface area is 117 Å². The van der Waals surface area contributed by atoms with Gasteiger partial charge in [-0.1, -0.05) is 19.1 Å². The van der Waals surface area contributed by atoms with E-state index in [0.717, 1.165) is 11.3 Å². The molecule has 2 heterocycles. The fourth-order valence-corrected chi connectivity index (χ4v) is 2.40. The van der Waals surface area contributed by atoms with E-state index < -0.39 is 0 Å². The maximum atomic E-state index is 12.4. The Balaban J connectivity index is 1.91. The normalized spacial score (nSPS) is 20.1. The highest BCUT2D eigenvalue weighted by Gasteiger charge is 2.30. The molecule has 0 saturated heterocycles. The number of hydrogen-bond acceptors (Lipinski definition) is 3. The standard InChI is InChI=1S/C16H16N2O2/c1-10-11(2)20-15-13(10)4-3-5-14(15)16(19)18-12-6-8-17-9-7-12/h3-11H,1-2H3,(H,17,18,19)/t10-,11+/m0/s1. The molecule has 0 bridgehead atoms. The number of hydrogen-bond donors (Lipinski definition) is 1. The van der Waals surface area contributed by atoms with Crippen LogP contribution in [0.5, 0.6) is 5.75 Å². The van der Waals surface area contributed by atoms with E-state index in [1.165, 1.54) is 0 Å². The molecule has 0 saturated carbocycles. The van der Waals surface area contributed by atoms with Crippen LogP contribution in [-0.4, -0.2) is 17.0 Å². The maximum Gasteiger partial charge on any atom is 0.259 e. The lowest BCUT2D eigenvalue weighted by molar-refractivity contribution is 0.102. The van der Waals surface area contributed by atoms with Gasteiger partial charge in [0.05, 0.1) is 5.56 Å². The zero-order chi connectivity index (χ0) is 14.1. The Bertz CT molecular complexity index is 640. The molecule has 4 heteroatoms. The van der Waals surface area contributed by atoms with Crippen molar-refractivity contribution in [1.29, 1.82) is 0 Å². The number of pyridine rings is 1. The summed E-state index contributed by atoms with van der Waals surface area (Å²) in [6.07, 6.45) is 3.39. The molecule has 20 heavy (non-hydrogen) atoms. The molecule has 0 fully saturated rings. The molecule has 1 amide bonds. The van der Waals surface area contributed by atoms with E-state index in [-0.39, 0.29) is 12.0 Å². The van der Waals surface area contributed by atoms with Crippen LogP contribution in [0.4, 0.5) is 5.69 Å². The first-order chi connectivity index (χ1) is 9.66. The summed E-state index contributed by atoms with van der Waals surface area (Å²) in [5.74, 6) is 0.854. The van der Waals surface area contributed by atoms with Gasteiger partial charge in [-0.2, -0.15) is 0 Å². The highest BCUT2D eigenvalue weighted by Crippen LogP contribution is 2.40. The van der Waals surface area contributed by atoms with Crippen LogP contribution in [0.3, 0.4) is 0 Å². The number of nitrogens with one attached hydrogen (secondary N) is 1. The van der Waals surface area contributed by atoms with Crippen LogP contribution >= 0.6 is 0 Å². The lowest BCUT2D eigenvalue weighted by Crippen LogP contribution is -2.14. The Kier molecular flexibility index (Phi) is 3.14. The number of para-hydroxylation sites is 1. The zero-order valence-electron chi connectivity index (χ0n) is 11.5. The van der Waals surface area contributed by atoms with Gasteiger partial charge in [-0.15, -0.1) is 0 Å². The number of fused-ring (bicyclic) bond motifs is 1. The van der Waals surface area contributed by atoms with Gasteiger partial charge in [-0.3, -0.25) is 9.78 Å². The average Bonchev–Trinajstić information content (AvgIpc) is 2.75. The molecule has 0 aliphatic carbocycles. The van der Waals surface area contributed by atoms with Gasteiger partial charge in [0.1, 0.15) is 11.9 Å². The number of nitrogens with zero attached hydrogens (tertiary/aromatic N) is 1. The van der Waals surface area contributed by atoms with E-state index in [1.807, 2.05) is 19.1 Å². The van der Waals surface area contributed by atoms with Gasteiger partial charge in [0.25, 0.3) is 5.91 Å². The number of aromatic nitrogens is 1. The van der Waals surface area contributed by atoms with E-state index in [2.05, 4.69) is 17.2 Å². The number of ether oxygens (including phenoxy) is 1. The second-order valence-electron chi connectivity index (χ2n) is 5.03. The third-order valence-corrected chi connectivity index (χ3v) is 3.73. The predicted molar refractivity (Wildman–Crippen MR) is 77.1 cm³/mol. The van der Waals surface area contributed by atoms with Crippen molar-refractivity contribution in [3.05, 3.63) is 53.9 Å². The van der Waals surface area contributed by atoms with Crippen molar-refractivity contribution in [2.45, 2.75) is 25.9 Å². The van der Waals surface area contributed by atoms with Crippen molar-refractivity contribution >= 4 is 11.6 Å². The fraction of sp³-hybridized carbons (Fsp3) is 0.250. The summed E-state index contributed by atoms with van der Waals surface area (Å²) < 4.78 is 5.84. The molecule has 1 aliphatic heterocycles. The van der Waals surface area contributed by atoms with Crippen LogP contribution in [0, 0.1) is 0 Å². The van der Waals surface area contributed by atoms with Crippen molar-refractivity contribution in [1.82, 2.24) is 4.98 Å². The smallest absolute Gasteiger partial charge is 0.259 e. The molecular formula is C16H16N2O2. The molecule has 4 nitrogen and oxygen atoms in total. The van der Waals surface area contributed by atoms with Crippen LogP contribution in [0.1, 0.15) is 35.7 Å². The van der Waals surface area contributed by atoms with Gasteiger partial charge >= 0.3 is 0 Å². The van der Waals surface area contributed by atoms with Crippen molar-refractivity contribution in [2.75, 3.05) is 5.32 Å². The first-order valence-corrected chi connectivity index (χ1v) is 6.68. The summed E-state index contributed by atoms with van der Waals surface area (Å²) in [7, 11) is 0. The Morgan fingerprint density at radius 3 is 2.70 bits per heavy atom. The first kappa shape index (κ1) is 12.7. The molecule has 1 aromatic heterocycles. The number of carbonyl (C=O) groups is 1. The summed E-state index contributed by atoms with van der Waals surface area (Å²) in [5.41, 5.74) is 2.40. The second kappa shape index (κ2) is 4.96. The molecular weight excluding hydrogens is 252 g/mol. The summed E-state index contributed by atoms with van der Waals surface area (Å²) >= 11 is 0. The number of benzene rings is 1. The van der Waals surface area contributed by atoms with E-state index in [1.54, 1.807) is 30.6 Å². The average molecular weight is 268 g/mol. The Morgan fingerprint density at radius 1 is 1.20 bits per heavy atom. The summed E-state index contributed by atoms with van der Waals surface area (Å²) in [6, 6.07) is 9.23. The minimum Gasteiger partial charge on any atom is -0.489 e. The van der Waals surface area contributed by atoms with Crippen LogP contribution in [-0.2, 0) is 0 Å². The van der Waals surface area contributed by atoms with Gasteiger partial charge in [-0.25, -0.2) is 0 Å². The van der Waals surface area contributed by atoms with E-state index in [4.69, 9.17) is 4.74 Å². The van der Waals surface area contributed by atoms with E-state index >= 15 is 0 Å². The molecule has 1 aromatic carbocycles. The number of anilines is 1. The molecule has 0 spiro atoms. The third-order valence-electron chi connectivity index (χ3n) is 3.73. The molecule has 1 N–H and O–H groups in total. The topological polar surface area (TPSA) is 51.2 Å². The SMILES string of the molecule is C[C@@H]1c2cccc(C(=O)Nc3ccncc3)c2O[C@@H]1C. The Hall–Kier alpha value is -2.36. The van der Waals surface area contributed by atoms with Crippen LogP contribution < -0.4 is 10.1 Å². The highest BCUT2D eigenvalue weighted by atomic mass is 16.5. The Morgan fingerprint density at radius 2 is 1.95 bits per heavy atom. The summed E-state index contributed by atoms with van der Waals surface area (Å²) in [6.45, 7) is 4.14. The molecule has 0 unspecified atom stereocenters. The largest absolute Gasteiger partial charge is 0.489 e. The van der Waals surface area contributed by atoms with Crippen molar-refractivity contribution in [3.63, 3.8) is 0 Å². The van der Waals surface area contributed by atoms with Crippen molar-refractivity contribution < 1.29 is 9.53 Å². The molecule has 1 aliphatic rings. The molecule has 0 radical (unpaired) electrons. The van der Waals surface area contributed by atoms with Gasteiger partial charge in [0.2, 0.25) is 0 Å². The van der Waals surface area contributed by atoms with Gasteiger partial charge in [0.15, 0.2) is 0 Å². The molecule has 2 aromatic rings. The van der Waals surface area contributed by atoms with Crippen molar-refractivity contribution in [2.24, 2.45) is 0 Å². The monoisotopic (exact) mass is 268 g/mol. The minimum atomic E-state index is -0.158. The summed E-state index contributed by atoms with van der Waals surface area (Å²) in [5, 5.41) is 2.86. The number of rotatable bonds is 2. The second-order valence-corrected chi connectivity index (χ2v) is 5.03. The minimum absolute atomic E-state index is 0.0971. The first-order valence-electron chi connectivity index (χ1n) is 6.68. The van der Waals surface area contributed by atoms with Gasteiger partial charge in [-0.05, 0) is 25.1 Å². The van der Waals surface area contributed by atoms with E-state index in [0.29, 0.717) is 17.2 Å². The lowest BCUT2D eigenvalue weighted by atomic mass is 9.97. The third kappa shape index (κ3) is 2.13. The number of carbonyl (C=O) groups excluding carboxylic acids is 1. The van der Waals surface area contributed by atoms with Crippen LogP contribution in [0.2, 0.25) is 0 Å². The number of amides is 1. The highest BCUT2D eigenvalue weighted by molar-refractivity contribution is 6.06. The van der Waals surface area contributed by atoms with Crippen LogP contribution in [0.15, 0.2) is 42.7 Å². The molecule has 2 atom stereocenters. The zero-order valence-corrected chi connectivity index (χ0v) is 11.5. The van der Waals surface area contributed by atoms with Gasteiger partial charge < -0.3 is 10.1 Å².